The Morgan fingerprint density at radius 2 is 2.40 bits per heavy atom. The maximum Gasteiger partial charge on any atom is 0.181 e. The van der Waals surface area contributed by atoms with Crippen molar-refractivity contribution in [2.75, 3.05) is 26.9 Å². The van der Waals surface area contributed by atoms with Crippen molar-refractivity contribution >= 4 is 0 Å². The van der Waals surface area contributed by atoms with Gasteiger partial charge >= 0.3 is 0 Å². The van der Waals surface area contributed by atoms with Gasteiger partial charge < -0.3 is 19.3 Å². The number of methoxy groups -OCH3 is 1. The third kappa shape index (κ3) is 1.91. The van der Waals surface area contributed by atoms with Crippen molar-refractivity contribution in [1.82, 2.24) is 0 Å². The second kappa shape index (κ2) is 3.88. The number of rotatable bonds is 2. The topological polar surface area (TPSA) is 47.9 Å². The molecule has 0 aliphatic carbocycles. The molecule has 0 bridgehead atoms. The summed E-state index contributed by atoms with van der Waals surface area (Å²) in [6.07, 6.45) is -0.537. The second-order valence-corrected chi connectivity index (χ2v) is 2.14. The summed E-state index contributed by atoms with van der Waals surface area (Å²) in [7, 11) is 1.55. The van der Waals surface area contributed by atoms with Gasteiger partial charge in [0, 0.05) is 7.11 Å². The lowest BCUT2D eigenvalue weighted by Gasteiger charge is -2.27. The zero-order valence-corrected chi connectivity index (χ0v) is 5.95. The van der Waals surface area contributed by atoms with Crippen LogP contribution in [0.1, 0.15) is 0 Å². The minimum absolute atomic E-state index is 0.0140. The molecule has 1 N–H and O–H groups in total. The van der Waals surface area contributed by atoms with E-state index in [1.807, 2.05) is 0 Å². The Kier molecular flexibility index (Phi) is 3.08. The van der Waals surface area contributed by atoms with Crippen LogP contribution in [0.15, 0.2) is 0 Å². The summed E-state index contributed by atoms with van der Waals surface area (Å²) >= 11 is 0. The average Bonchev–Trinajstić information content (AvgIpc) is 2.05. The molecule has 0 aromatic heterocycles. The third-order valence-corrected chi connectivity index (χ3v) is 1.37. The van der Waals surface area contributed by atoms with Crippen LogP contribution >= 0.6 is 0 Å². The molecule has 0 saturated carbocycles. The van der Waals surface area contributed by atoms with E-state index in [0.29, 0.717) is 13.2 Å². The smallest absolute Gasteiger partial charge is 0.181 e. The summed E-state index contributed by atoms with van der Waals surface area (Å²) < 4.78 is 15.1. The fourth-order valence-electron chi connectivity index (χ4n) is 0.808. The van der Waals surface area contributed by atoms with Crippen molar-refractivity contribution < 1.29 is 19.3 Å². The second-order valence-electron chi connectivity index (χ2n) is 2.14. The number of hydrogen-bond donors (Lipinski definition) is 1. The van der Waals surface area contributed by atoms with Crippen LogP contribution in [-0.4, -0.2) is 44.4 Å². The highest BCUT2D eigenvalue weighted by molar-refractivity contribution is 4.60. The average molecular weight is 148 g/mol. The third-order valence-electron chi connectivity index (χ3n) is 1.37. The minimum Gasteiger partial charge on any atom is -0.394 e. The van der Waals surface area contributed by atoms with Crippen molar-refractivity contribution in [3.05, 3.63) is 0 Å². The van der Waals surface area contributed by atoms with E-state index in [4.69, 9.17) is 19.3 Å². The molecule has 4 heteroatoms. The van der Waals surface area contributed by atoms with Crippen molar-refractivity contribution in [1.29, 1.82) is 0 Å². The Labute approximate surface area is 59.7 Å². The Bertz CT molecular complexity index is 85.7. The predicted molar refractivity (Wildman–Crippen MR) is 33.6 cm³/mol. The molecule has 4 nitrogen and oxygen atoms in total. The number of aliphatic hydroxyl groups is 1. The van der Waals surface area contributed by atoms with Gasteiger partial charge in [-0.1, -0.05) is 0 Å². The molecule has 1 fully saturated rings. The van der Waals surface area contributed by atoms with Crippen LogP contribution < -0.4 is 0 Å². The van der Waals surface area contributed by atoms with Gasteiger partial charge in [-0.25, -0.2) is 0 Å². The lowest BCUT2D eigenvalue weighted by molar-refractivity contribution is -0.238. The van der Waals surface area contributed by atoms with E-state index < -0.39 is 0 Å². The fraction of sp³-hybridized carbons (Fsp3) is 1.00. The van der Waals surface area contributed by atoms with Crippen molar-refractivity contribution in [3.8, 4) is 0 Å². The van der Waals surface area contributed by atoms with Crippen LogP contribution in [0.4, 0.5) is 0 Å². The van der Waals surface area contributed by atoms with E-state index in [2.05, 4.69) is 0 Å². The van der Waals surface area contributed by atoms with Gasteiger partial charge in [0.05, 0.1) is 19.8 Å². The molecule has 0 amide bonds. The van der Waals surface area contributed by atoms with Gasteiger partial charge in [-0.3, -0.25) is 0 Å². The molecule has 0 aromatic rings. The Balaban J connectivity index is 2.25. The van der Waals surface area contributed by atoms with Gasteiger partial charge in [0.25, 0.3) is 0 Å². The SMILES string of the molecule is CO[C@@H]1COC[C@@H](CO)O1. The number of hydrogen-bond acceptors (Lipinski definition) is 4. The summed E-state index contributed by atoms with van der Waals surface area (Å²) in [5.74, 6) is 0. The highest BCUT2D eigenvalue weighted by atomic mass is 16.7. The Morgan fingerprint density at radius 1 is 1.60 bits per heavy atom. The highest BCUT2D eigenvalue weighted by Gasteiger charge is 2.21. The molecule has 0 unspecified atom stereocenters. The molecule has 60 valence electrons. The normalized spacial score (nSPS) is 34.2. The van der Waals surface area contributed by atoms with Crippen molar-refractivity contribution in [3.63, 3.8) is 0 Å². The van der Waals surface area contributed by atoms with E-state index in [1.54, 1.807) is 7.11 Å². The lowest BCUT2D eigenvalue weighted by Crippen LogP contribution is -2.39. The highest BCUT2D eigenvalue weighted by Crippen LogP contribution is 2.07. The van der Waals surface area contributed by atoms with Crippen LogP contribution in [0.3, 0.4) is 0 Å². The van der Waals surface area contributed by atoms with Crippen LogP contribution in [0.2, 0.25) is 0 Å². The largest absolute Gasteiger partial charge is 0.394 e. The molecular formula is C6H12O4. The molecule has 1 aliphatic heterocycles. The first kappa shape index (κ1) is 7.94. The summed E-state index contributed by atoms with van der Waals surface area (Å²) in [4.78, 5) is 0. The Hall–Kier alpha value is -0.160. The maximum absolute atomic E-state index is 8.64. The molecule has 0 spiro atoms. The van der Waals surface area contributed by atoms with Crippen LogP contribution in [0, 0.1) is 0 Å². The number of aliphatic hydroxyl groups excluding tert-OH is 1. The van der Waals surface area contributed by atoms with E-state index in [1.165, 1.54) is 0 Å². The fourth-order valence-corrected chi connectivity index (χ4v) is 0.808. The first-order valence-corrected chi connectivity index (χ1v) is 3.23. The van der Waals surface area contributed by atoms with Crippen LogP contribution in [0.5, 0.6) is 0 Å². The first-order chi connectivity index (χ1) is 4.86. The molecule has 0 radical (unpaired) electrons. The van der Waals surface area contributed by atoms with Gasteiger partial charge in [-0.2, -0.15) is 0 Å². The summed E-state index contributed by atoms with van der Waals surface area (Å²) in [6, 6.07) is 0. The molecule has 0 aromatic carbocycles. The minimum atomic E-state index is -0.314. The van der Waals surface area contributed by atoms with E-state index in [0.717, 1.165) is 0 Å². The molecular weight excluding hydrogens is 136 g/mol. The number of ether oxygens (including phenoxy) is 3. The van der Waals surface area contributed by atoms with Crippen LogP contribution in [0.25, 0.3) is 0 Å². The maximum atomic E-state index is 8.64. The summed E-state index contributed by atoms with van der Waals surface area (Å²) in [5.41, 5.74) is 0. The van der Waals surface area contributed by atoms with Gasteiger partial charge in [0.1, 0.15) is 6.10 Å². The molecule has 2 atom stereocenters. The quantitative estimate of drug-likeness (QED) is 0.566. The van der Waals surface area contributed by atoms with Crippen molar-refractivity contribution in [2.24, 2.45) is 0 Å². The van der Waals surface area contributed by atoms with Gasteiger partial charge in [-0.15, -0.1) is 0 Å². The van der Waals surface area contributed by atoms with E-state index in [9.17, 15) is 0 Å². The molecule has 10 heavy (non-hydrogen) atoms. The summed E-state index contributed by atoms with van der Waals surface area (Å²) in [6.45, 7) is 0.892. The predicted octanol–water partition coefficient (Wildman–Crippen LogP) is -0.633. The monoisotopic (exact) mass is 148 g/mol. The van der Waals surface area contributed by atoms with E-state index in [-0.39, 0.29) is 19.0 Å². The summed E-state index contributed by atoms with van der Waals surface area (Å²) in [5, 5.41) is 8.64. The molecule has 1 heterocycles. The molecule has 1 rings (SSSR count). The van der Waals surface area contributed by atoms with Gasteiger partial charge in [0.2, 0.25) is 0 Å². The Morgan fingerprint density at radius 3 is 3.00 bits per heavy atom. The first-order valence-electron chi connectivity index (χ1n) is 3.23. The molecule has 1 saturated heterocycles. The molecule has 1 aliphatic rings. The van der Waals surface area contributed by atoms with Gasteiger partial charge in [-0.05, 0) is 0 Å². The van der Waals surface area contributed by atoms with Crippen molar-refractivity contribution in [2.45, 2.75) is 12.4 Å². The zero-order chi connectivity index (χ0) is 7.40. The zero-order valence-electron chi connectivity index (χ0n) is 5.95. The van der Waals surface area contributed by atoms with Crippen LogP contribution in [-0.2, 0) is 14.2 Å². The standard InChI is InChI=1S/C6H12O4/c1-8-6-4-9-3-5(2-7)10-6/h5-7H,2-4H2,1H3/t5-,6+/m1/s1. The lowest BCUT2D eigenvalue weighted by atomic mass is 10.4. The van der Waals surface area contributed by atoms with Gasteiger partial charge in [0.15, 0.2) is 6.29 Å². The van der Waals surface area contributed by atoms with E-state index >= 15 is 0 Å².